The predicted molar refractivity (Wildman–Crippen MR) is 45.7 cm³/mol. The highest BCUT2D eigenvalue weighted by Crippen LogP contribution is 2.25. The molecule has 62 valence electrons. The van der Waals surface area contributed by atoms with E-state index in [0.717, 1.165) is 5.39 Å². The van der Waals surface area contributed by atoms with Crippen molar-refractivity contribution in [3.8, 4) is 0 Å². The SMILES string of the molecule is [2H]c1ccc2oc(C(C)F)cc2c1. The van der Waals surface area contributed by atoms with E-state index in [0.29, 0.717) is 17.4 Å². The van der Waals surface area contributed by atoms with Gasteiger partial charge in [-0.15, -0.1) is 0 Å². The van der Waals surface area contributed by atoms with E-state index in [-0.39, 0.29) is 0 Å². The monoisotopic (exact) mass is 165 g/mol. The van der Waals surface area contributed by atoms with E-state index in [4.69, 9.17) is 5.79 Å². The molecule has 0 N–H and O–H groups in total. The van der Waals surface area contributed by atoms with Crippen molar-refractivity contribution in [1.82, 2.24) is 0 Å². The molecule has 0 aliphatic rings. The second kappa shape index (κ2) is 2.63. The zero-order valence-corrected chi connectivity index (χ0v) is 6.67. The molecule has 1 aromatic carbocycles. The molecule has 0 spiro atoms. The van der Waals surface area contributed by atoms with Crippen LogP contribution in [0.25, 0.3) is 11.0 Å². The highest BCUT2D eigenvalue weighted by Gasteiger charge is 2.08. The Bertz CT molecular complexity index is 433. The molecule has 1 atom stereocenters. The summed E-state index contributed by atoms with van der Waals surface area (Å²) in [6.45, 7) is 1.43. The molecule has 0 saturated carbocycles. The summed E-state index contributed by atoms with van der Waals surface area (Å²) in [4.78, 5) is 0. The summed E-state index contributed by atoms with van der Waals surface area (Å²) in [5, 5.41) is 0.784. The summed E-state index contributed by atoms with van der Waals surface area (Å²) in [5.41, 5.74) is 0.635. The number of fused-ring (bicyclic) bond motifs is 1. The van der Waals surface area contributed by atoms with E-state index in [2.05, 4.69) is 0 Å². The number of benzene rings is 1. The lowest BCUT2D eigenvalue weighted by molar-refractivity contribution is 0.317. The number of rotatable bonds is 1. The highest BCUT2D eigenvalue weighted by molar-refractivity contribution is 5.77. The minimum absolute atomic E-state index is 0.320. The van der Waals surface area contributed by atoms with Crippen molar-refractivity contribution >= 4 is 11.0 Å². The van der Waals surface area contributed by atoms with E-state index in [1.54, 1.807) is 24.3 Å². The summed E-state index contributed by atoms with van der Waals surface area (Å²) in [7, 11) is 0. The van der Waals surface area contributed by atoms with Crippen molar-refractivity contribution in [3.05, 3.63) is 36.1 Å². The van der Waals surface area contributed by atoms with Gasteiger partial charge in [0.15, 0.2) is 6.17 Å². The number of alkyl halides is 1. The molecule has 0 saturated heterocycles. The molecule has 1 nitrogen and oxygen atoms in total. The van der Waals surface area contributed by atoms with Gasteiger partial charge in [0.2, 0.25) is 0 Å². The fourth-order valence-corrected chi connectivity index (χ4v) is 1.14. The molecule has 2 aromatic rings. The first-order chi connectivity index (χ1) is 6.16. The Kier molecular flexibility index (Phi) is 1.36. The number of furan rings is 1. The fraction of sp³-hybridized carbons (Fsp3) is 0.200. The first kappa shape index (κ1) is 6.23. The average Bonchev–Trinajstić information content (AvgIpc) is 2.46. The maximum atomic E-state index is 12.8. The van der Waals surface area contributed by atoms with Crippen molar-refractivity contribution in [3.63, 3.8) is 0 Å². The third-order valence-electron chi connectivity index (χ3n) is 1.77. The first-order valence-corrected chi connectivity index (χ1v) is 3.81. The molecule has 1 aromatic heterocycles. The average molecular weight is 165 g/mol. The molecular weight excluding hydrogens is 155 g/mol. The molecule has 12 heavy (non-hydrogen) atoms. The van der Waals surface area contributed by atoms with Crippen molar-refractivity contribution in [1.29, 1.82) is 0 Å². The predicted octanol–water partition coefficient (Wildman–Crippen LogP) is 3.46. The third-order valence-corrected chi connectivity index (χ3v) is 1.77. The molecule has 0 bridgehead atoms. The number of hydrogen-bond donors (Lipinski definition) is 0. The van der Waals surface area contributed by atoms with E-state index in [9.17, 15) is 4.39 Å². The first-order valence-electron chi connectivity index (χ1n) is 4.31. The van der Waals surface area contributed by atoms with Crippen LogP contribution in [0, 0.1) is 0 Å². The Morgan fingerprint density at radius 1 is 1.58 bits per heavy atom. The summed E-state index contributed by atoms with van der Waals surface area (Å²) in [5.74, 6) is 0.320. The van der Waals surface area contributed by atoms with Crippen LogP contribution in [0.3, 0.4) is 0 Å². The third kappa shape index (κ3) is 1.09. The second-order valence-corrected chi connectivity index (χ2v) is 2.73. The second-order valence-electron chi connectivity index (χ2n) is 2.73. The normalized spacial score (nSPS) is 14.7. The van der Waals surface area contributed by atoms with Crippen LogP contribution >= 0.6 is 0 Å². The van der Waals surface area contributed by atoms with Crippen LogP contribution in [-0.4, -0.2) is 0 Å². The zero-order chi connectivity index (χ0) is 9.42. The van der Waals surface area contributed by atoms with E-state index in [1.807, 2.05) is 0 Å². The lowest BCUT2D eigenvalue weighted by Gasteiger charge is -1.91. The molecule has 0 aliphatic heterocycles. The minimum Gasteiger partial charge on any atom is -0.458 e. The van der Waals surface area contributed by atoms with Crippen LogP contribution in [0.15, 0.2) is 34.7 Å². The molecular formula is C10H9FO. The van der Waals surface area contributed by atoms with Crippen LogP contribution in [0.4, 0.5) is 4.39 Å². The standard InChI is InChI=1S/C10H9FO/c1-7(11)10-6-8-4-2-3-5-9(8)12-10/h2-7H,1H3/i2D. The largest absolute Gasteiger partial charge is 0.458 e. The van der Waals surface area contributed by atoms with Crippen molar-refractivity contribution < 1.29 is 10.2 Å². The zero-order valence-electron chi connectivity index (χ0n) is 7.67. The smallest absolute Gasteiger partial charge is 0.155 e. The van der Waals surface area contributed by atoms with E-state index < -0.39 is 6.17 Å². The van der Waals surface area contributed by atoms with Gasteiger partial charge in [-0.25, -0.2) is 4.39 Å². The van der Waals surface area contributed by atoms with Gasteiger partial charge in [0, 0.05) is 5.39 Å². The lowest BCUT2D eigenvalue weighted by atomic mass is 10.2. The van der Waals surface area contributed by atoms with E-state index in [1.165, 1.54) is 6.92 Å². The topological polar surface area (TPSA) is 13.1 Å². The Morgan fingerprint density at radius 2 is 2.42 bits per heavy atom. The summed E-state index contributed by atoms with van der Waals surface area (Å²) in [6, 6.07) is 7.01. The minimum atomic E-state index is -1.10. The maximum absolute atomic E-state index is 12.8. The van der Waals surface area contributed by atoms with Crippen LogP contribution in [-0.2, 0) is 0 Å². The van der Waals surface area contributed by atoms with Crippen molar-refractivity contribution in [2.24, 2.45) is 0 Å². The Balaban J connectivity index is 2.62. The molecule has 0 amide bonds. The number of hydrogen-bond acceptors (Lipinski definition) is 1. The van der Waals surface area contributed by atoms with Gasteiger partial charge in [0.1, 0.15) is 11.3 Å². The van der Waals surface area contributed by atoms with Gasteiger partial charge < -0.3 is 4.42 Å². The Labute approximate surface area is 71.2 Å². The van der Waals surface area contributed by atoms with E-state index >= 15 is 0 Å². The van der Waals surface area contributed by atoms with Gasteiger partial charge in [-0.3, -0.25) is 0 Å². The Hall–Kier alpha value is -1.31. The van der Waals surface area contributed by atoms with Gasteiger partial charge in [0.05, 0.1) is 1.37 Å². The molecule has 2 rings (SSSR count). The van der Waals surface area contributed by atoms with Gasteiger partial charge >= 0.3 is 0 Å². The Morgan fingerprint density at radius 3 is 3.17 bits per heavy atom. The maximum Gasteiger partial charge on any atom is 0.155 e. The molecule has 0 radical (unpaired) electrons. The van der Waals surface area contributed by atoms with Crippen molar-refractivity contribution in [2.45, 2.75) is 13.1 Å². The number of para-hydroxylation sites is 1. The molecule has 1 heterocycles. The lowest BCUT2D eigenvalue weighted by Crippen LogP contribution is -1.77. The fourth-order valence-electron chi connectivity index (χ4n) is 1.14. The molecule has 1 unspecified atom stereocenters. The molecule has 2 heteroatoms. The van der Waals surface area contributed by atoms with Crippen LogP contribution in [0.1, 0.15) is 20.2 Å². The number of halogens is 1. The summed E-state index contributed by atoms with van der Waals surface area (Å²) >= 11 is 0. The quantitative estimate of drug-likeness (QED) is 0.630. The van der Waals surface area contributed by atoms with Crippen LogP contribution in [0.5, 0.6) is 0 Å². The van der Waals surface area contributed by atoms with Crippen LogP contribution < -0.4 is 0 Å². The molecule has 0 fully saturated rings. The molecule has 0 aliphatic carbocycles. The van der Waals surface area contributed by atoms with Gasteiger partial charge in [-0.05, 0) is 19.1 Å². The summed E-state index contributed by atoms with van der Waals surface area (Å²) in [6.07, 6.45) is -1.10. The highest BCUT2D eigenvalue weighted by atomic mass is 19.1. The van der Waals surface area contributed by atoms with Gasteiger partial charge in [0.25, 0.3) is 0 Å². The van der Waals surface area contributed by atoms with Crippen LogP contribution in [0.2, 0.25) is 0 Å². The van der Waals surface area contributed by atoms with Crippen molar-refractivity contribution in [2.75, 3.05) is 0 Å². The van der Waals surface area contributed by atoms with Gasteiger partial charge in [-0.2, -0.15) is 0 Å². The van der Waals surface area contributed by atoms with Gasteiger partial charge in [-0.1, -0.05) is 18.2 Å². The summed E-state index contributed by atoms with van der Waals surface area (Å²) < 4.78 is 25.4.